The van der Waals surface area contributed by atoms with Crippen molar-refractivity contribution in [3.8, 4) is 5.75 Å². The fourth-order valence-corrected chi connectivity index (χ4v) is 1.14. The van der Waals surface area contributed by atoms with Gasteiger partial charge >= 0.3 is 0 Å². The maximum Gasteiger partial charge on any atom is 0.168 e. The number of aliphatic hydroxyl groups is 1. The minimum atomic E-state index is -0.778. The van der Waals surface area contributed by atoms with Crippen molar-refractivity contribution in [2.75, 3.05) is 6.61 Å². The Labute approximate surface area is 87.5 Å². The number of rotatable bonds is 4. The van der Waals surface area contributed by atoms with Gasteiger partial charge in [-0.3, -0.25) is 0 Å². The van der Waals surface area contributed by atoms with Gasteiger partial charge in [-0.1, -0.05) is 13.8 Å². The molecule has 84 valence electrons. The lowest BCUT2D eigenvalue weighted by atomic mass is 10.2. The lowest BCUT2D eigenvalue weighted by Gasteiger charge is -2.12. The van der Waals surface area contributed by atoms with Crippen LogP contribution in [-0.2, 0) is 6.61 Å². The zero-order valence-electron chi connectivity index (χ0n) is 8.76. The molecule has 15 heavy (non-hydrogen) atoms. The van der Waals surface area contributed by atoms with E-state index in [0.717, 1.165) is 12.1 Å². The lowest BCUT2D eigenvalue weighted by Crippen LogP contribution is -2.08. The second-order valence-corrected chi connectivity index (χ2v) is 3.74. The Kier molecular flexibility index (Phi) is 4.03. The van der Waals surface area contributed by atoms with Gasteiger partial charge in [0.15, 0.2) is 11.6 Å². The summed E-state index contributed by atoms with van der Waals surface area (Å²) in [7, 11) is 0. The molecule has 0 aliphatic rings. The summed E-state index contributed by atoms with van der Waals surface area (Å²) in [5, 5.41) is 8.92. The monoisotopic (exact) mass is 216 g/mol. The van der Waals surface area contributed by atoms with E-state index in [4.69, 9.17) is 9.84 Å². The van der Waals surface area contributed by atoms with Crippen LogP contribution >= 0.6 is 0 Å². The van der Waals surface area contributed by atoms with Crippen LogP contribution in [0, 0.1) is 17.6 Å². The zero-order chi connectivity index (χ0) is 11.4. The van der Waals surface area contributed by atoms with E-state index in [-0.39, 0.29) is 17.2 Å². The van der Waals surface area contributed by atoms with E-state index < -0.39 is 18.2 Å². The Morgan fingerprint density at radius 2 is 2.00 bits per heavy atom. The van der Waals surface area contributed by atoms with Crippen LogP contribution < -0.4 is 4.74 Å². The molecule has 2 nitrogen and oxygen atoms in total. The van der Waals surface area contributed by atoms with E-state index in [1.807, 2.05) is 13.8 Å². The highest BCUT2D eigenvalue weighted by Crippen LogP contribution is 2.24. The number of aliphatic hydroxyl groups excluding tert-OH is 1. The van der Waals surface area contributed by atoms with Crippen LogP contribution in [0.15, 0.2) is 12.1 Å². The second-order valence-electron chi connectivity index (χ2n) is 3.74. The van der Waals surface area contributed by atoms with Crippen LogP contribution in [0.5, 0.6) is 5.75 Å². The second kappa shape index (κ2) is 5.07. The average Bonchev–Trinajstić information content (AvgIpc) is 2.14. The molecule has 0 heterocycles. The van der Waals surface area contributed by atoms with Crippen LogP contribution in [0.1, 0.15) is 19.4 Å². The van der Waals surface area contributed by atoms with Crippen LogP contribution in [0.3, 0.4) is 0 Å². The van der Waals surface area contributed by atoms with Crippen LogP contribution in [0.2, 0.25) is 0 Å². The summed E-state index contributed by atoms with van der Waals surface area (Å²) in [5.74, 6) is -1.32. The Bertz CT molecular complexity index is 338. The Morgan fingerprint density at radius 1 is 1.33 bits per heavy atom. The molecule has 0 amide bonds. The topological polar surface area (TPSA) is 29.5 Å². The van der Waals surface area contributed by atoms with Crippen molar-refractivity contribution in [2.45, 2.75) is 20.5 Å². The van der Waals surface area contributed by atoms with Crippen molar-refractivity contribution >= 4 is 0 Å². The molecule has 1 aromatic rings. The van der Waals surface area contributed by atoms with Crippen molar-refractivity contribution in [3.05, 3.63) is 29.3 Å². The third-order valence-corrected chi connectivity index (χ3v) is 1.82. The van der Waals surface area contributed by atoms with Crippen molar-refractivity contribution in [1.29, 1.82) is 0 Å². The summed E-state index contributed by atoms with van der Waals surface area (Å²) < 4.78 is 31.2. The predicted molar refractivity (Wildman–Crippen MR) is 52.6 cm³/mol. The number of halogens is 2. The van der Waals surface area contributed by atoms with E-state index in [1.54, 1.807) is 0 Å². The van der Waals surface area contributed by atoms with Crippen LogP contribution in [0.4, 0.5) is 8.78 Å². The maximum atomic E-state index is 13.3. The summed E-state index contributed by atoms with van der Waals surface area (Å²) >= 11 is 0. The zero-order valence-corrected chi connectivity index (χ0v) is 8.76. The molecule has 0 aliphatic heterocycles. The molecule has 0 fully saturated rings. The first kappa shape index (κ1) is 11.9. The lowest BCUT2D eigenvalue weighted by molar-refractivity contribution is 0.236. The van der Waals surface area contributed by atoms with Crippen LogP contribution in [0.25, 0.3) is 0 Å². The largest absolute Gasteiger partial charge is 0.490 e. The van der Waals surface area contributed by atoms with Gasteiger partial charge in [0.2, 0.25) is 0 Å². The highest BCUT2D eigenvalue weighted by Gasteiger charge is 2.12. The van der Waals surface area contributed by atoms with Gasteiger partial charge in [-0.15, -0.1) is 0 Å². The van der Waals surface area contributed by atoms with Crippen LogP contribution in [-0.4, -0.2) is 11.7 Å². The van der Waals surface area contributed by atoms with Gasteiger partial charge in [-0.2, -0.15) is 0 Å². The van der Waals surface area contributed by atoms with Gasteiger partial charge in [-0.25, -0.2) is 8.78 Å². The molecule has 0 atom stereocenters. The molecule has 1 N–H and O–H groups in total. The molecule has 1 aromatic carbocycles. The quantitative estimate of drug-likeness (QED) is 0.837. The predicted octanol–water partition coefficient (Wildman–Crippen LogP) is 2.49. The molecule has 0 spiro atoms. The summed E-state index contributed by atoms with van der Waals surface area (Å²) in [6.07, 6.45) is 0. The standard InChI is InChI=1S/C11H14F2O2/c1-7(2)6-15-11-8(5-14)3-9(12)4-10(11)13/h3-4,7,14H,5-6H2,1-2H3. The Balaban J connectivity index is 2.93. The SMILES string of the molecule is CC(C)COc1c(F)cc(F)cc1CO. The van der Waals surface area contributed by atoms with E-state index in [2.05, 4.69) is 0 Å². The molecule has 0 saturated carbocycles. The van der Waals surface area contributed by atoms with Gasteiger partial charge in [0.05, 0.1) is 13.2 Å². The molecule has 1 rings (SSSR count). The summed E-state index contributed by atoms with van der Waals surface area (Å²) in [6.45, 7) is 3.72. The number of hydrogen-bond acceptors (Lipinski definition) is 2. The highest BCUT2D eigenvalue weighted by atomic mass is 19.1. The maximum absolute atomic E-state index is 13.3. The number of ether oxygens (including phenoxy) is 1. The minimum Gasteiger partial charge on any atom is -0.490 e. The van der Waals surface area contributed by atoms with Gasteiger partial charge in [0.1, 0.15) is 5.82 Å². The normalized spacial score (nSPS) is 10.8. The van der Waals surface area contributed by atoms with E-state index >= 15 is 0 Å². The molecule has 0 unspecified atom stereocenters. The molecular formula is C11H14F2O2. The summed E-state index contributed by atoms with van der Waals surface area (Å²) in [6, 6.07) is 1.81. The Hall–Kier alpha value is -1.16. The first-order valence-electron chi connectivity index (χ1n) is 4.76. The fraction of sp³-hybridized carbons (Fsp3) is 0.455. The van der Waals surface area contributed by atoms with Gasteiger partial charge in [0, 0.05) is 11.6 Å². The summed E-state index contributed by atoms with van der Waals surface area (Å²) in [5.41, 5.74) is 0.133. The van der Waals surface area contributed by atoms with Gasteiger partial charge in [-0.05, 0) is 12.0 Å². The average molecular weight is 216 g/mol. The minimum absolute atomic E-state index is 0.0624. The van der Waals surface area contributed by atoms with Crippen molar-refractivity contribution in [2.24, 2.45) is 5.92 Å². The molecular weight excluding hydrogens is 202 g/mol. The van der Waals surface area contributed by atoms with E-state index in [1.165, 1.54) is 0 Å². The van der Waals surface area contributed by atoms with Crippen molar-refractivity contribution < 1.29 is 18.6 Å². The molecule has 0 aromatic heterocycles. The molecule has 0 bridgehead atoms. The molecule has 0 saturated heterocycles. The highest BCUT2D eigenvalue weighted by molar-refractivity contribution is 5.35. The first-order valence-corrected chi connectivity index (χ1v) is 4.76. The Morgan fingerprint density at radius 3 is 2.53 bits per heavy atom. The molecule has 0 aliphatic carbocycles. The smallest absolute Gasteiger partial charge is 0.168 e. The van der Waals surface area contributed by atoms with Gasteiger partial charge < -0.3 is 9.84 Å². The molecule has 0 radical (unpaired) electrons. The number of benzene rings is 1. The third kappa shape index (κ3) is 3.16. The summed E-state index contributed by atoms with van der Waals surface area (Å²) in [4.78, 5) is 0. The fourth-order valence-electron chi connectivity index (χ4n) is 1.14. The van der Waals surface area contributed by atoms with E-state index in [9.17, 15) is 8.78 Å². The van der Waals surface area contributed by atoms with Crippen molar-refractivity contribution in [3.63, 3.8) is 0 Å². The van der Waals surface area contributed by atoms with Gasteiger partial charge in [0.25, 0.3) is 0 Å². The van der Waals surface area contributed by atoms with Crippen molar-refractivity contribution in [1.82, 2.24) is 0 Å². The number of hydrogen-bond donors (Lipinski definition) is 1. The molecule has 4 heteroatoms. The van der Waals surface area contributed by atoms with E-state index in [0.29, 0.717) is 6.61 Å². The third-order valence-electron chi connectivity index (χ3n) is 1.82. The first-order chi connectivity index (χ1) is 7.04.